The van der Waals surface area contributed by atoms with Crippen molar-refractivity contribution in [1.82, 2.24) is 10.2 Å². The number of nitrogens with zero attached hydrogens (tertiary/aromatic N) is 1. The highest BCUT2D eigenvalue weighted by atomic mass is 15.1. The summed E-state index contributed by atoms with van der Waals surface area (Å²) in [6.45, 7) is 11.1. The highest BCUT2D eigenvalue weighted by Crippen LogP contribution is 1.96. The smallest absolute Gasteiger partial charge is 0.0194 e. The van der Waals surface area contributed by atoms with E-state index in [1.807, 2.05) is 0 Å². The van der Waals surface area contributed by atoms with Crippen molar-refractivity contribution in [3.05, 3.63) is 0 Å². The van der Waals surface area contributed by atoms with Gasteiger partial charge < -0.3 is 10.2 Å². The molecule has 0 aliphatic rings. The molecule has 12 heavy (non-hydrogen) atoms. The zero-order valence-electron chi connectivity index (χ0n) is 9.22. The van der Waals surface area contributed by atoms with Gasteiger partial charge in [0.05, 0.1) is 0 Å². The lowest BCUT2D eigenvalue weighted by atomic mass is 10.2. The predicted octanol–water partition coefficient (Wildman–Crippen LogP) is 1.71. The fraction of sp³-hybridized carbons (Fsp3) is 1.00. The zero-order valence-corrected chi connectivity index (χ0v) is 9.22. The van der Waals surface area contributed by atoms with Gasteiger partial charge in [0.2, 0.25) is 0 Å². The Kier molecular flexibility index (Phi) is 6.39. The van der Waals surface area contributed by atoms with Crippen LogP contribution in [0.1, 0.15) is 34.1 Å². The fourth-order valence-electron chi connectivity index (χ4n) is 1.28. The van der Waals surface area contributed by atoms with Gasteiger partial charge in [-0.05, 0) is 20.0 Å². The number of hydrogen-bond donors (Lipinski definition) is 1. The molecule has 0 saturated carbocycles. The van der Waals surface area contributed by atoms with Crippen molar-refractivity contribution in [1.29, 1.82) is 0 Å². The number of rotatable bonds is 6. The molecule has 74 valence electrons. The Balaban J connectivity index is 3.66. The van der Waals surface area contributed by atoms with Crippen molar-refractivity contribution in [2.45, 2.75) is 46.2 Å². The largest absolute Gasteiger partial charge is 0.311 e. The Morgan fingerprint density at radius 1 is 1.25 bits per heavy atom. The van der Waals surface area contributed by atoms with E-state index < -0.39 is 0 Å². The van der Waals surface area contributed by atoms with Gasteiger partial charge in [0, 0.05) is 18.6 Å². The first kappa shape index (κ1) is 11.9. The summed E-state index contributed by atoms with van der Waals surface area (Å²) in [5, 5.41) is 3.55. The Morgan fingerprint density at radius 3 is 2.17 bits per heavy atom. The van der Waals surface area contributed by atoms with Crippen LogP contribution in [0, 0.1) is 0 Å². The Morgan fingerprint density at radius 2 is 1.83 bits per heavy atom. The molecule has 1 N–H and O–H groups in total. The molecule has 1 atom stereocenters. The lowest BCUT2D eigenvalue weighted by Crippen LogP contribution is -2.42. The molecule has 0 aromatic heterocycles. The van der Waals surface area contributed by atoms with Crippen molar-refractivity contribution in [3.8, 4) is 0 Å². The van der Waals surface area contributed by atoms with Crippen LogP contribution in [-0.2, 0) is 0 Å². The van der Waals surface area contributed by atoms with Crippen LogP contribution in [0.15, 0.2) is 0 Å². The van der Waals surface area contributed by atoms with Crippen molar-refractivity contribution < 1.29 is 0 Å². The highest BCUT2D eigenvalue weighted by Gasteiger charge is 2.08. The summed E-state index contributed by atoms with van der Waals surface area (Å²) in [4.78, 5) is 2.35. The monoisotopic (exact) mass is 172 g/mol. The van der Waals surface area contributed by atoms with Crippen LogP contribution in [0.4, 0.5) is 0 Å². The van der Waals surface area contributed by atoms with E-state index in [1.165, 1.54) is 6.42 Å². The minimum atomic E-state index is 0.597. The quantitative estimate of drug-likeness (QED) is 0.656. The maximum absolute atomic E-state index is 3.55. The van der Waals surface area contributed by atoms with Crippen LogP contribution in [0.25, 0.3) is 0 Å². The molecular formula is C10H24N2. The van der Waals surface area contributed by atoms with Crippen LogP contribution in [0.5, 0.6) is 0 Å². The summed E-state index contributed by atoms with van der Waals surface area (Å²) in [6, 6.07) is 1.25. The minimum Gasteiger partial charge on any atom is -0.311 e. The van der Waals surface area contributed by atoms with E-state index in [0.717, 1.165) is 13.1 Å². The zero-order chi connectivity index (χ0) is 9.56. The van der Waals surface area contributed by atoms with E-state index in [4.69, 9.17) is 0 Å². The normalized spacial score (nSPS) is 14.2. The van der Waals surface area contributed by atoms with Gasteiger partial charge in [-0.1, -0.05) is 27.7 Å². The van der Waals surface area contributed by atoms with Crippen LogP contribution in [0.3, 0.4) is 0 Å². The SMILES string of the molecule is CC[C@@H](CN(C)CC)NC(C)C. The number of hydrogen-bond acceptors (Lipinski definition) is 2. The molecule has 0 fully saturated rings. The maximum atomic E-state index is 3.55. The first-order valence-electron chi connectivity index (χ1n) is 5.04. The third-order valence-corrected chi connectivity index (χ3v) is 2.13. The Hall–Kier alpha value is -0.0800. The van der Waals surface area contributed by atoms with Crippen molar-refractivity contribution in [2.75, 3.05) is 20.1 Å². The van der Waals surface area contributed by atoms with Crippen LogP contribution in [0.2, 0.25) is 0 Å². The Bertz CT molecular complexity index is 102. The van der Waals surface area contributed by atoms with Crippen LogP contribution in [-0.4, -0.2) is 37.1 Å². The standard InChI is InChI=1S/C10H24N2/c1-6-10(11-9(3)4)8-12(5)7-2/h9-11H,6-8H2,1-5H3/t10-/m0/s1. The van der Waals surface area contributed by atoms with Gasteiger partial charge in [0.1, 0.15) is 0 Å². The van der Waals surface area contributed by atoms with E-state index in [1.54, 1.807) is 0 Å². The Labute approximate surface area is 77.3 Å². The molecule has 0 aromatic carbocycles. The third kappa shape index (κ3) is 5.56. The first-order chi connectivity index (χ1) is 5.60. The van der Waals surface area contributed by atoms with Crippen LogP contribution < -0.4 is 5.32 Å². The number of likely N-dealkylation sites (N-methyl/N-ethyl adjacent to an activating group) is 1. The van der Waals surface area contributed by atoms with E-state index in [-0.39, 0.29) is 0 Å². The first-order valence-corrected chi connectivity index (χ1v) is 5.04. The molecular weight excluding hydrogens is 148 g/mol. The maximum Gasteiger partial charge on any atom is 0.0194 e. The van der Waals surface area contributed by atoms with E-state index >= 15 is 0 Å². The molecule has 0 rings (SSSR count). The lowest BCUT2D eigenvalue weighted by molar-refractivity contribution is 0.287. The summed E-state index contributed by atoms with van der Waals surface area (Å²) in [5.74, 6) is 0. The third-order valence-electron chi connectivity index (χ3n) is 2.13. The molecule has 0 aliphatic heterocycles. The molecule has 0 saturated heterocycles. The topological polar surface area (TPSA) is 15.3 Å². The lowest BCUT2D eigenvalue weighted by Gasteiger charge is -2.24. The molecule has 2 heteroatoms. The van der Waals surface area contributed by atoms with Gasteiger partial charge in [0.15, 0.2) is 0 Å². The van der Waals surface area contributed by atoms with Gasteiger partial charge in [-0.2, -0.15) is 0 Å². The van der Waals surface area contributed by atoms with Gasteiger partial charge in [-0.3, -0.25) is 0 Å². The molecule has 0 spiro atoms. The number of nitrogens with one attached hydrogen (secondary N) is 1. The fourth-order valence-corrected chi connectivity index (χ4v) is 1.28. The van der Waals surface area contributed by atoms with Crippen molar-refractivity contribution in [2.24, 2.45) is 0 Å². The van der Waals surface area contributed by atoms with Crippen molar-refractivity contribution in [3.63, 3.8) is 0 Å². The van der Waals surface area contributed by atoms with Gasteiger partial charge in [-0.15, -0.1) is 0 Å². The molecule has 0 amide bonds. The second kappa shape index (κ2) is 6.44. The summed E-state index contributed by atoms with van der Waals surface area (Å²) >= 11 is 0. The molecule has 0 heterocycles. The summed E-state index contributed by atoms with van der Waals surface area (Å²) < 4.78 is 0. The average molecular weight is 172 g/mol. The van der Waals surface area contributed by atoms with E-state index in [2.05, 4.69) is 45.0 Å². The second-order valence-corrected chi connectivity index (χ2v) is 3.78. The predicted molar refractivity (Wildman–Crippen MR) is 55.5 cm³/mol. The highest BCUT2D eigenvalue weighted by molar-refractivity contribution is 4.70. The molecule has 0 aromatic rings. The molecule has 0 aliphatic carbocycles. The molecule has 0 radical (unpaired) electrons. The minimum absolute atomic E-state index is 0.597. The van der Waals surface area contributed by atoms with E-state index in [9.17, 15) is 0 Å². The van der Waals surface area contributed by atoms with Gasteiger partial charge >= 0.3 is 0 Å². The van der Waals surface area contributed by atoms with Gasteiger partial charge in [0.25, 0.3) is 0 Å². The summed E-state index contributed by atoms with van der Waals surface area (Å²) in [6.07, 6.45) is 1.21. The van der Waals surface area contributed by atoms with E-state index in [0.29, 0.717) is 12.1 Å². The van der Waals surface area contributed by atoms with Crippen molar-refractivity contribution >= 4 is 0 Å². The second-order valence-electron chi connectivity index (χ2n) is 3.78. The summed E-state index contributed by atoms with van der Waals surface area (Å²) in [7, 11) is 2.17. The molecule has 0 bridgehead atoms. The molecule has 0 unspecified atom stereocenters. The molecule has 2 nitrogen and oxygen atoms in total. The van der Waals surface area contributed by atoms with Gasteiger partial charge in [-0.25, -0.2) is 0 Å². The average Bonchev–Trinajstić information content (AvgIpc) is 2.02. The summed E-state index contributed by atoms with van der Waals surface area (Å²) in [5.41, 5.74) is 0. The van der Waals surface area contributed by atoms with Crippen LogP contribution >= 0.6 is 0 Å².